The predicted molar refractivity (Wildman–Crippen MR) is 112 cm³/mol. The number of esters is 1. The third-order valence-electron chi connectivity index (χ3n) is 4.34. The number of aliphatic imine (C=N–C) groups is 1. The highest BCUT2D eigenvalue weighted by molar-refractivity contribution is 14.0. The first-order valence-corrected chi connectivity index (χ1v) is 9.02. The Morgan fingerprint density at radius 3 is 3.00 bits per heavy atom. The normalized spacial score (nSPS) is 20.0. The zero-order valence-corrected chi connectivity index (χ0v) is 18.1. The molecule has 0 radical (unpaired) electrons. The number of hydrogen-bond acceptors (Lipinski definition) is 6. The van der Waals surface area contributed by atoms with Gasteiger partial charge in [-0.15, -0.1) is 35.3 Å². The lowest BCUT2D eigenvalue weighted by atomic mass is 9.99. The van der Waals surface area contributed by atoms with Crippen molar-refractivity contribution in [1.82, 2.24) is 15.2 Å². The third-order valence-corrected chi connectivity index (χ3v) is 5.20. The molecule has 1 saturated heterocycles. The molecule has 0 aliphatic carbocycles. The lowest BCUT2D eigenvalue weighted by Gasteiger charge is -2.21. The molecule has 3 heterocycles. The van der Waals surface area contributed by atoms with Crippen LogP contribution in [0.4, 0.5) is 0 Å². The molecule has 0 aromatic carbocycles. The molecular weight excluding hydrogens is 467 g/mol. The van der Waals surface area contributed by atoms with Crippen LogP contribution in [-0.4, -0.2) is 49.1 Å². The Hall–Kier alpha value is -1.62. The summed E-state index contributed by atoms with van der Waals surface area (Å²) >= 11 is 1.59. The van der Waals surface area contributed by atoms with Gasteiger partial charge in [-0.25, -0.2) is 4.98 Å². The number of guanidine groups is 1. The van der Waals surface area contributed by atoms with Crippen molar-refractivity contribution in [3.05, 3.63) is 29.5 Å². The van der Waals surface area contributed by atoms with Gasteiger partial charge in [-0.3, -0.25) is 9.79 Å². The monoisotopic (exact) mass is 490 g/mol. The molecule has 1 aliphatic rings. The average Bonchev–Trinajstić information content (AvgIpc) is 3.35. The molecule has 9 heteroatoms. The molecule has 0 spiro atoms. The smallest absolute Gasteiger partial charge is 0.310 e. The number of carbonyl (C=O) groups excluding carboxylic acids is 1. The first kappa shape index (κ1) is 20.7. The standard InChI is InChI=1S/C17H22N4O3S.HI/c1-11-8-21(9-13(11)16(22)23-3)17(18-2)19-7-12-10-24-15(20-12)14-5-4-6-25-14;/h4-6,10-11,13H,7-9H2,1-3H3,(H,18,19);1H. The zero-order chi connectivity index (χ0) is 17.8. The van der Waals surface area contributed by atoms with Gasteiger partial charge in [0.15, 0.2) is 5.96 Å². The van der Waals surface area contributed by atoms with Crippen LogP contribution in [-0.2, 0) is 16.1 Å². The van der Waals surface area contributed by atoms with Crippen LogP contribution in [0.3, 0.4) is 0 Å². The Morgan fingerprint density at radius 1 is 1.54 bits per heavy atom. The van der Waals surface area contributed by atoms with Crippen molar-refractivity contribution in [3.63, 3.8) is 0 Å². The van der Waals surface area contributed by atoms with Crippen LogP contribution in [0.5, 0.6) is 0 Å². The van der Waals surface area contributed by atoms with Crippen LogP contribution in [0.2, 0.25) is 0 Å². The topological polar surface area (TPSA) is 80.0 Å². The van der Waals surface area contributed by atoms with Crippen LogP contribution in [0.1, 0.15) is 12.6 Å². The molecule has 1 aliphatic heterocycles. The molecule has 0 saturated carbocycles. The zero-order valence-electron chi connectivity index (χ0n) is 15.0. The molecule has 2 aromatic heterocycles. The van der Waals surface area contributed by atoms with Gasteiger partial charge in [-0.05, 0) is 17.4 Å². The maximum Gasteiger partial charge on any atom is 0.310 e. The number of ether oxygens (including phenoxy) is 1. The summed E-state index contributed by atoms with van der Waals surface area (Å²) in [7, 11) is 3.17. The highest BCUT2D eigenvalue weighted by Crippen LogP contribution is 2.25. The van der Waals surface area contributed by atoms with Crippen LogP contribution in [0, 0.1) is 11.8 Å². The second-order valence-corrected chi connectivity index (χ2v) is 6.98. The molecule has 142 valence electrons. The van der Waals surface area contributed by atoms with E-state index in [1.54, 1.807) is 24.6 Å². The number of hydrogen-bond donors (Lipinski definition) is 1. The second kappa shape index (κ2) is 9.36. The van der Waals surface area contributed by atoms with Gasteiger partial charge in [0.1, 0.15) is 6.26 Å². The van der Waals surface area contributed by atoms with Crippen molar-refractivity contribution in [2.45, 2.75) is 13.5 Å². The number of nitrogens with zero attached hydrogens (tertiary/aromatic N) is 3. The number of likely N-dealkylation sites (tertiary alicyclic amines) is 1. The van der Waals surface area contributed by atoms with Crippen LogP contribution >= 0.6 is 35.3 Å². The van der Waals surface area contributed by atoms with Crippen molar-refractivity contribution < 1.29 is 13.9 Å². The van der Waals surface area contributed by atoms with E-state index in [-0.39, 0.29) is 41.8 Å². The van der Waals surface area contributed by atoms with Gasteiger partial charge >= 0.3 is 5.97 Å². The largest absolute Gasteiger partial charge is 0.469 e. The minimum absolute atomic E-state index is 0. The van der Waals surface area contributed by atoms with Gasteiger partial charge in [0.2, 0.25) is 5.89 Å². The summed E-state index contributed by atoms with van der Waals surface area (Å²) in [5, 5.41) is 5.28. The number of oxazole rings is 1. The average molecular weight is 490 g/mol. The number of aromatic nitrogens is 1. The van der Waals surface area contributed by atoms with Crippen molar-refractivity contribution in [2.75, 3.05) is 27.2 Å². The number of rotatable bonds is 4. The first-order chi connectivity index (χ1) is 12.1. The lowest BCUT2D eigenvalue weighted by molar-refractivity contribution is -0.145. The molecule has 7 nitrogen and oxygen atoms in total. The quantitative estimate of drug-likeness (QED) is 0.308. The Morgan fingerprint density at radius 2 is 2.35 bits per heavy atom. The van der Waals surface area contributed by atoms with Crippen molar-refractivity contribution in [2.24, 2.45) is 16.8 Å². The van der Waals surface area contributed by atoms with Gasteiger partial charge in [-0.2, -0.15) is 0 Å². The van der Waals surface area contributed by atoms with Gasteiger partial charge in [0.05, 0.1) is 30.1 Å². The van der Waals surface area contributed by atoms with E-state index < -0.39 is 0 Å². The van der Waals surface area contributed by atoms with E-state index >= 15 is 0 Å². The Kier molecular flexibility index (Phi) is 7.44. The summed E-state index contributed by atoms with van der Waals surface area (Å²) in [6, 6.07) is 3.95. The van der Waals surface area contributed by atoms with Crippen LogP contribution in [0.25, 0.3) is 10.8 Å². The SMILES string of the molecule is CN=C(NCc1coc(-c2cccs2)n1)N1CC(C)C(C(=O)OC)C1.I. The molecule has 1 N–H and O–H groups in total. The van der Waals surface area contributed by atoms with Crippen LogP contribution in [0.15, 0.2) is 33.2 Å². The summed E-state index contributed by atoms with van der Waals surface area (Å²) in [6.07, 6.45) is 1.65. The van der Waals surface area contributed by atoms with Crippen LogP contribution < -0.4 is 5.32 Å². The summed E-state index contributed by atoms with van der Waals surface area (Å²) in [6.45, 7) is 3.93. The van der Waals surface area contributed by atoms with Gasteiger partial charge in [0.25, 0.3) is 0 Å². The number of nitrogens with one attached hydrogen (secondary N) is 1. The number of methoxy groups -OCH3 is 1. The van der Waals surface area contributed by atoms with Crippen molar-refractivity contribution in [3.8, 4) is 10.8 Å². The third kappa shape index (κ3) is 4.56. The highest BCUT2D eigenvalue weighted by Gasteiger charge is 2.36. The van der Waals surface area contributed by atoms with E-state index in [9.17, 15) is 4.79 Å². The molecule has 26 heavy (non-hydrogen) atoms. The lowest BCUT2D eigenvalue weighted by Crippen LogP contribution is -2.40. The summed E-state index contributed by atoms with van der Waals surface area (Å²) < 4.78 is 10.4. The summed E-state index contributed by atoms with van der Waals surface area (Å²) in [5.41, 5.74) is 0.807. The fraction of sp³-hybridized carbons (Fsp3) is 0.471. The highest BCUT2D eigenvalue weighted by atomic mass is 127. The Balaban J connectivity index is 0.00000243. The van der Waals surface area contributed by atoms with Crippen molar-refractivity contribution >= 4 is 47.2 Å². The number of thiophene rings is 1. The molecule has 1 fully saturated rings. The van der Waals surface area contributed by atoms with Crippen molar-refractivity contribution in [1.29, 1.82) is 0 Å². The van der Waals surface area contributed by atoms with E-state index in [2.05, 4.69) is 27.1 Å². The Labute approximate surface area is 173 Å². The molecule has 2 aromatic rings. The van der Waals surface area contributed by atoms with E-state index in [0.717, 1.165) is 23.1 Å². The summed E-state index contributed by atoms with van der Waals surface area (Å²) in [4.78, 5) is 23.7. The molecular formula is C17H23IN4O3S. The molecule has 2 atom stereocenters. The fourth-order valence-corrected chi connectivity index (χ4v) is 3.66. The minimum Gasteiger partial charge on any atom is -0.469 e. The van der Waals surface area contributed by atoms with E-state index in [0.29, 0.717) is 19.0 Å². The van der Waals surface area contributed by atoms with Gasteiger partial charge in [-0.1, -0.05) is 13.0 Å². The van der Waals surface area contributed by atoms with E-state index in [1.807, 2.05) is 17.5 Å². The first-order valence-electron chi connectivity index (χ1n) is 8.14. The fourth-order valence-electron chi connectivity index (χ4n) is 3.00. The maximum atomic E-state index is 11.8. The summed E-state index contributed by atoms with van der Waals surface area (Å²) in [5.74, 6) is 1.31. The minimum atomic E-state index is -0.164. The molecule has 0 amide bonds. The van der Waals surface area contributed by atoms with E-state index in [4.69, 9.17) is 9.15 Å². The predicted octanol–water partition coefficient (Wildman–Crippen LogP) is 2.84. The number of carbonyl (C=O) groups is 1. The van der Waals surface area contributed by atoms with E-state index in [1.165, 1.54) is 7.11 Å². The maximum absolute atomic E-state index is 11.8. The molecule has 2 unspecified atom stereocenters. The second-order valence-electron chi connectivity index (χ2n) is 6.03. The molecule has 3 rings (SSSR count). The van der Waals surface area contributed by atoms with Gasteiger partial charge < -0.3 is 19.4 Å². The molecule has 0 bridgehead atoms. The van der Waals surface area contributed by atoms with Gasteiger partial charge in [0, 0.05) is 20.1 Å². The number of halogens is 1. The Bertz CT molecular complexity index is 747.